The summed E-state index contributed by atoms with van der Waals surface area (Å²) >= 11 is 0. The van der Waals surface area contributed by atoms with Crippen molar-refractivity contribution in [3.63, 3.8) is 0 Å². The van der Waals surface area contributed by atoms with Gasteiger partial charge in [0.05, 0.1) is 13.1 Å². The van der Waals surface area contributed by atoms with Crippen LogP contribution in [0.4, 0.5) is 22.0 Å². The third-order valence-corrected chi connectivity index (χ3v) is 4.71. The van der Waals surface area contributed by atoms with Gasteiger partial charge in [0, 0.05) is 32.7 Å². The Morgan fingerprint density at radius 2 is 2.07 bits per heavy atom. The Kier molecular flexibility index (Phi) is 8.48. The predicted molar refractivity (Wildman–Crippen MR) is 101 cm³/mol. The number of hydrogen-bond acceptors (Lipinski definition) is 3. The summed E-state index contributed by atoms with van der Waals surface area (Å²) in [4.78, 5) is 7.63. The second-order valence-electron chi connectivity index (χ2n) is 6.94. The summed E-state index contributed by atoms with van der Waals surface area (Å²) in [6, 6.07) is 3.33. The van der Waals surface area contributed by atoms with Crippen LogP contribution in [0.1, 0.15) is 13.3 Å². The van der Waals surface area contributed by atoms with Crippen LogP contribution in [0.3, 0.4) is 0 Å². The van der Waals surface area contributed by atoms with E-state index < -0.39 is 24.4 Å². The van der Waals surface area contributed by atoms with E-state index in [-0.39, 0.29) is 18.3 Å². The highest BCUT2D eigenvalue weighted by atomic mass is 19.4. The number of nitrogens with zero attached hydrogens (tertiary/aromatic N) is 3. The zero-order valence-corrected chi connectivity index (χ0v) is 16.6. The van der Waals surface area contributed by atoms with Crippen LogP contribution < -0.4 is 10.1 Å². The molecule has 0 aromatic heterocycles. The van der Waals surface area contributed by atoms with Gasteiger partial charge in [0.15, 0.2) is 17.6 Å². The Morgan fingerprint density at radius 3 is 2.69 bits per heavy atom. The van der Waals surface area contributed by atoms with Crippen LogP contribution in [0.2, 0.25) is 0 Å². The highest BCUT2D eigenvalue weighted by Gasteiger charge is 2.32. The van der Waals surface area contributed by atoms with Crippen molar-refractivity contribution in [2.75, 3.05) is 52.9 Å². The molecule has 29 heavy (non-hydrogen) atoms. The van der Waals surface area contributed by atoms with E-state index in [1.54, 1.807) is 14.0 Å². The molecule has 164 valence electrons. The molecule has 5 nitrogen and oxygen atoms in total. The van der Waals surface area contributed by atoms with Crippen LogP contribution in [0.5, 0.6) is 5.75 Å². The molecule has 0 saturated carbocycles. The second kappa shape index (κ2) is 10.6. The Hall–Kier alpha value is -2.10. The first-order valence-corrected chi connectivity index (χ1v) is 9.54. The first kappa shape index (κ1) is 23.2. The molecule has 10 heteroatoms. The average Bonchev–Trinajstić information content (AvgIpc) is 3.11. The minimum Gasteiger partial charge on any atom is -0.492 e. The normalized spacial score (nSPS) is 17.9. The van der Waals surface area contributed by atoms with Crippen molar-refractivity contribution < 1.29 is 26.7 Å². The van der Waals surface area contributed by atoms with E-state index in [1.807, 2.05) is 4.90 Å². The van der Waals surface area contributed by atoms with Crippen molar-refractivity contribution in [1.82, 2.24) is 15.1 Å². The summed E-state index contributed by atoms with van der Waals surface area (Å²) in [5.74, 6) is -0.904. The fraction of sp³-hybridized carbons (Fsp3) is 0.632. The van der Waals surface area contributed by atoms with Crippen LogP contribution in [-0.2, 0) is 0 Å². The van der Waals surface area contributed by atoms with E-state index in [0.29, 0.717) is 38.7 Å². The number of halogens is 5. The molecule has 1 N–H and O–H groups in total. The highest BCUT2D eigenvalue weighted by molar-refractivity contribution is 5.80. The van der Waals surface area contributed by atoms with E-state index in [0.717, 1.165) is 18.6 Å². The van der Waals surface area contributed by atoms with Crippen molar-refractivity contribution >= 4 is 5.96 Å². The van der Waals surface area contributed by atoms with Gasteiger partial charge in [-0.3, -0.25) is 9.89 Å². The van der Waals surface area contributed by atoms with Gasteiger partial charge >= 0.3 is 6.18 Å². The van der Waals surface area contributed by atoms with Crippen LogP contribution in [0, 0.1) is 17.6 Å². The van der Waals surface area contributed by atoms with Gasteiger partial charge in [-0.25, -0.2) is 8.78 Å². The number of alkyl halides is 3. The number of benzene rings is 1. The number of nitrogens with one attached hydrogen (secondary N) is 1. The minimum atomic E-state index is -4.20. The molecule has 1 unspecified atom stereocenters. The van der Waals surface area contributed by atoms with Crippen molar-refractivity contribution in [2.45, 2.75) is 19.5 Å². The largest absolute Gasteiger partial charge is 0.492 e. The zero-order chi connectivity index (χ0) is 21.4. The van der Waals surface area contributed by atoms with Gasteiger partial charge < -0.3 is 15.0 Å². The molecule has 1 heterocycles. The number of aliphatic imine (C=N–C) groups is 1. The molecular formula is C19H27F5N4O. The monoisotopic (exact) mass is 422 g/mol. The molecular weight excluding hydrogens is 395 g/mol. The van der Waals surface area contributed by atoms with E-state index >= 15 is 0 Å². The maximum absolute atomic E-state index is 13.2. The average molecular weight is 422 g/mol. The third-order valence-electron chi connectivity index (χ3n) is 4.71. The second-order valence-corrected chi connectivity index (χ2v) is 6.94. The number of hydrogen-bond donors (Lipinski definition) is 1. The lowest BCUT2D eigenvalue weighted by Crippen LogP contribution is -2.42. The van der Waals surface area contributed by atoms with Gasteiger partial charge in [0.2, 0.25) is 0 Å². The third kappa shape index (κ3) is 7.68. The number of ether oxygens (including phenoxy) is 1. The molecule has 0 spiro atoms. The molecule has 2 rings (SSSR count). The van der Waals surface area contributed by atoms with Gasteiger partial charge in [0.25, 0.3) is 0 Å². The molecule has 1 fully saturated rings. The Bertz CT molecular complexity index is 683. The Balaban J connectivity index is 1.75. The lowest BCUT2D eigenvalue weighted by atomic mass is 10.1. The van der Waals surface area contributed by atoms with Crippen LogP contribution in [0.15, 0.2) is 23.2 Å². The lowest BCUT2D eigenvalue weighted by Gasteiger charge is -2.26. The first-order valence-electron chi connectivity index (χ1n) is 9.54. The topological polar surface area (TPSA) is 40.1 Å². The summed E-state index contributed by atoms with van der Waals surface area (Å²) < 4.78 is 69.3. The summed E-state index contributed by atoms with van der Waals surface area (Å²) in [5.41, 5.74) is 0. The molecule has 0 aliphatic carbocycles. The van der Waals surface area contributed by atoms with E-state index in [2.05, 4.69) is 10.3 Å². The predicted octanol–water partition coefficient (Wildman–Crippen LogP) is 3.13. The Labute approximate surface area is 167 Å². The minimum absolute atomic E-state index is 0.134. The first-order chi connectivity index (χ1) is 13.7. The van der Waals surface area contributed by atoms with Gasteiger partial charge in [-0.15, -0.1) is 0 Å². The van der Waals surface area contributed by atoms with Gasteiger partial charge in [-0.1, -0.05) is 6.92 Å². The smallest absolute Gasteiger partial charge is 0.401 e. The molecule has 1 aliphatic rings. The summed E-state index contributed by atoms with van der Waals surface area (Å²) in [5, 5.41) is 3.12. The fourth-order valence-electron chi connectivity index (χ4n) is 3.33. The van der Waals surface area contributed by atoms with E-state index in [9.17, 15) is 22.0 Å². The summed E-state index contributed by atoms with van der Waals surface area (Å²) in [6.45, 7) is 3.52. The molecule has 1 aromatic carbocycles. The number of rotatable bonds is 8. The summed E-state index contributed by atoms with van der Waals surface area (Å²) in [7, 11) is 1.63. The maximum Gasteiger partial charge on any atom is 0.401 e. The van der Waals surface area contributed by atoms with Crippen molar-refractivity contribution in [2.24, 2.45) is 10.9 Å². The lowest BCUT2D eigenvalue weighted by molar-refractivity contribution is -0.146. The Morgan fingerprint density at radius 1 is 1.31 bits per heavy atom. The van der Waals surface area contributed by atoms with Crippen molar-refractivity contribution in [3.05, 3.63) is 29.8 Å². The standard InChI is InChI=1S/C19H27F5N4O/c1-3-27(13-19(22,23)24)11-14-6-8-28(12-14)18(25-2)26-7-9-29-15-4-5-16(20)17(21)10-15/h4-5,10,14H,3,6-9,11-13H2,1-2H3,(H,25,26). The molecule has 0 bridgehead atoms. The fourth-order valence-corrected chi connectivity index (χ4v) is 3.33. The maximum atomic E-state index is 13.2. The summed E-state index contributed by atoms with van der Waals surface area (Å²) in [6.07, 6.45) is -3.40. The van der Waals surface area contributed by atoms with Crippen LogP contribution in [0.25, 0.3) is 0 Å². The van der Waals surface area contributed by atoms with Crippen molar-refractivity contribution in [3.8, 4) is 5.75 Å². The number of guanidine groups is 1. The number of likely N-dealkylation sites (tertiary alicyclic amines) is 1. The molecule has 0 amide bonds. The molecule has 1 saturated heterocycles. The molecule has 1 aliphatic heterocycles. The zero-order valence-electron chi connectivity index (χ0n) is 16.6. The molecule has 1 atom stereocenters. The van der Waals surface area contributed by atoms with Crippen molar-refractivity contribution in [1.29, 1.82) is 0 Å². The highest BCUT2D eigenvalue weighted by Crippen LogP contribution is 2.21. The van der Waals surface area contributed by atoms with Crippen LogP contribution in [-0.4, -0.2) is 74.9 Å². The van der Waals surface area contributed by atoms with Gasteiger partial charge in [-0.2, -0.15) is 13.2 Å². The van der Waals surface area contributed by atoms with Gasteiger partial charge in [0.1, 0.15) is 12.4 Å². The van der Waals surface area contributed by atoms with E-state index in [4.69, 9.17) is 4.74 Å². The van der Waals surface area contributed by atoms with Gasteiger partial charge in [-0.05, 0) is 31.0 Å². The SMILES string of the molecule is CCN(CC1CCN(C(=NC)NCCOc2ccc(F)c(F)c2)C1)CC(F)(F)F. The molecule has 0 radical (unpaired) electrons. The molecule has 1 aromatic rings. The van der Waals surface area contributed by atoms with Crippen LogP contribution >= 0.6 is 0 Å². The quantitative estimate of drug-likeness (QED) is 0.303. The van der Waals surface area contributed by atoms with E-state index in [1.165, 1.54) is 11.0 Å².